The second-order valence-corrected chi connectivity index (χ2v) is 10.8. The Labute approximate surface area is 226 Å². The van der Waals surface area contributed by atoms with Gasteiger partial charge < -0.3 is 0 Å². The zero-order chi connectivity index (χ0) is 25.5. The Hall–Kier alpha value is -4.95. The van der Waals surface area contributed by atoms with Crippen LogP contribution in [0.2, 0.25) is 0 Å². The summed E-state index contributed by atoms with van der Waals surface area (Å²) >= 11 is 0. The van der Waals surface area contributed by atoms with Gasteiger partial charge >= 0.3 is 0 Å². The molecule has 0 amide bonds. The minimum Gasteiger partial charge on any atom is -0.299 e. The number of pyridine rings is 1. The molecule has 0 N–H and O–H groups in total. The Kier molecular flexibility index (Phi) is 4.20. The van der Waals surface area contributed by atoms with Crippen LogP contribution in [0.3, 0.4) is 0 Å². The Morgan fingerprint density at radius 1 is 0.590 bits per heavy atom. The van der Waals surface area contributed by atoms with Crippen LogP contribution in [0, 0.1) is 0 Å². The molecule has 2 aliphatic rings. The van der Waals surface area contributed by atoms with Crippen molar-refractivity contribution >= 4 is 50.1 Å². The molecule has 0 spiro atoms. The normalized spacial score (nSPS) is 13.7. The highest BCUT2D eigenvalue weighted by Gasteiger charge is 2.21. The van der Waals surface area contributed by atoms with Crippen LogP contribution in [-0.2, 0) is 12.8 Å². The SMILES string of the molecule is C1=Cc2cccc3c2c(c2c4c(cc(-c5ccc(-c6cnc7cc8ccccc8cn67)cc5)cc43)C=CC2)C1. The molecule has 7 aromatic rings. The lowest BCUT2D eigenvalue weighted by molar-refractivity contribution is 1.18. The van der Waals surface area contributed by atoms with Crippen LogP contribution in [0.4, 0.5) is 0 Å². The minimum atomic E-state index is 0.970. The third-order valence-corrected chi connectivity index (χ3v) is 8.65. The van der Waals surface area contributed by atoms with Gasteiger partial charge in [0.15, 0.2) is 0 Å². The molecule has 9 rings (SSSR count). The molecule has 0 saturated carbocycles. The first-order valence-corrected chi connectivity index (χ1v) is 13.7. The van der Waals surface area contributed by atoms with Crippen LogP contribution >= 0.6 is 0 Å². The predicted octanol–water partition coefficient (Wildman–Crippen LogP) is 9.27. The molecular formula is C37H24N2. The number of fused-ring (bicyclic) bond motifs is 4. The Morgan fingerprint density at radius 3 is 2.18 bits per heavy atom. The van der Waals surface area contributed by atoms with Crippen molar-refractivity contribution in [3.63, 3.8) is 0 Å². The van der Waals surface area contributed by atoms with Gasteiger partial charge in [-0.25, -0.2) is 4.98 Å². The highest BCUT2D eigenvalue weighted by Crippen LogP contribution is 2.43. The largest absolute Gasteiger partial charge is 0.299 e. The monoisotopic (exact) mass is 496 g/mol. The third-order valence-electron chi connectivity index (χ3n) is 8.65. The van der Waals surface area contributed by atoms with E-state index >= 15 is 0 Å². The molecule has 39 heavy (non-hydrogen) atoms. The van der Waals surface area contributed by atoms with Crippen molar-refractivity contribution in [2.75, 3.05) is 0 Å². The van der Waals surface area contributed by atoms with Gasteiger partial charge in [0.1, 0.15) is 5.65 Å². The molecule has 0 aliphatic heterocycles. The zero-order valence-corrected chi connectivity index (χ0v) is 21.4. The molecule has 2 heteroatoms. The molecule has 0 unspecified atom stereocenters. The summed E-state index contributed by atoms with van der Waals surface area (Å²) in [6, 6.07) is 31.1. The first-order valence-electron chi connectivity index (χ1n) is 13.7. The lowest BCUT2D eigenvalue weighted by Crippen LogP contribution is -2.04. The lowest BCUT2D eigenvalue weighted by Gasteiger charge is -2.24. The predicted molar refractivity (Wildman–Crippen MR) is 164 cm³/mol. The molecule has 0 fully saturated rings. The van der Waals surface area contributed by atoms with E-state index in [0.29, 0.717) is 0 Å². The number of aromatic nitrogens is 2. The summed E-state index contributed by atoms with van der Waals surface area (Å²) in [5.41, 5.74) is 11.4. The number of rotatable bonds is 2. The zero-order valence-electron chi connectivity index (χ0n) is 21.4. The maximum absolute atomic E-state index is 4.70. The second kappa shape index (κ2) is 7.78. The smallest absolute Gasteiger partial charge is 0.137 e. The van der Waals surface area contributed by atoms with E-state index in [2.05, 4.69) is 120 Å². The molecule has 5 aromatic carbocycles. The Bertz CT molecular complexity index is 2210. The quantitative estimate of drug-likeness (QED) is 0.218. The molecule has 2 aliphatic carbocycles. The maximum Gasteiger partial charge on any atom is 0.137 e. The maximum atomic E-state index is 4.70. The fourth-order valence-electron chi connectivity index (χ4n) is 6.84. The molecule has 0 bridgehead atoms. The van der Waals surface area contributed by atoms with Crippen LogP contribution in [-0.4, -0.2) is 9.38 Å². The van der Waals surface area contributed by atoms with E-state index in [4.69, 9.17) is 4.98 Å². The fourth-order valence-corrected chi connectivity index (χ4v) is 6.84. The topological polar surface area (TPSA) is 17.3 Å². The van der Waals surface area contributed by atoms with Crippen LogP contribution in [0.25, 0.3) is 72.5 Å². The summed E-state index contributed by atoms with van der Waals surface area (Å²) in [6.45, 7) is 0. The van der Waals surface area contributed by atoms with Crippen LogP contribution < -0.4 is 0 Å². The average molecular weight is 497 g/mol. The van der Waals surface area contributed by atoms with Crippen LogP contribution in [0.5, 0.6) is 0 Å². The molecule has 2 heterocycles. The summed E-state index contributed by atoms with van der Waals surface area (Å²) in [4.78, 5) is 4.70. The van der Waals surface area contributed by atoms with Crippen molar-refractivity contribution in [2.45, 2.75) is 12.8 Å². The fraction of sp³-hybridized carbons (Fsp3) is 0.0541. The van der Waals surface area contributed by atoms with Gasteiger partial charge in [-0.3, -0.25) is 4.40 Å². The summed E-state index contributed by atoms with van der Waals surface area (Å²) in [7, 11) is 0. The van der Waals surface area contributed by atoms with Crippen LogP contribution in [0.1, 0.15) is 22.3 Å². The first kappa shape index (κ1) is 21.0. The Morgan fingerprint density at radius 2 is 1.33 bits per heavy atom. The van der Waals surface area contributed by atoms with E-state index in [1.165, 1.54) is 71.3 Å². The first-order chi connectivity index (χ1) is 19.3. The summed E-state index contributed by atoms with van der Waals surface area (Å²) in [5, 5.41) is 8.05. The standard InChI is InChI=1S/C37H24N2/c1-2-7-28-22-39-34(21-38-35(39)20-26(28)6-1)24-16-14-23(15-17-24)29-18-27-10-5-12-31-30-11-3-8-25-9-4-13-32(36(25)30)33(19-29)37(27)31/h1-10,13-22H,11-12H2. The molecule has 0 radical (unpaired) electrons. The number of imidazole rings is 1. The van der Waals surface area contributed by atoms with Crippen molar-refractivity contribution in [1.29, 1.82) is 0 Å². The lowest BCUT2D eigenvalue weighted by atomic mass is 9.80. The number of allylic oxidation sites excluding steroid dienone is 2. The van der Waals surface area contributed by atoms with E-state index in [9.17, 15) is 0 Å². The van der Waals surface area contributed by atoms with Crippen molar-refractivity contribution < 1.29 is 0 Å². The number of hydrogen-bond donors (Lipinski definition) is 0. The van der Waals surface area contributed by atoms with Gasteiger partial charge in [0.25, 0.3) is 0 Å². The van der Waals surface area contributed by atoms with Gasteiger partial charge in [-0.05, 0) is 96.7 Å². The molecule has 0 saturated heterocycles. The number of benzene rings is 5. The molecule has 2 aromatic heterocycles. The molecular weight excluding hydrogens is 472 g/mol. The highest BCUT2D eigenvalue weighted by atomic mass is 15.0. The average Bonchev–Trinajstić information content (AvgIpc) is 3.41. The van der Waals surface area contributed by atoms with Crippen molar-refractivity contribution in [1.82, 2.24) is 9.38 Å². The van der Waals surface area contributed by atoms with E-state index in [0.717, 1.165) is 24.2 Å². The number of nitrogens with zero attached hydrogens (tertiary/aromatic N) is 2. The summed E-state index contributed by atoms with van der Waals surface area (Å²) in [5.74, 6) is 0. The number of hydrogen-bond acceptors (Lipinski definition) is 1. The van der Waals surface area contributed by atoms with Crippen molar-refractivity contribution in [2.24, 2.45) is 0 Å². The molecule has 2 nitrogen and oxygen atoms in total. The van der Waals surface area contributed by atoms with Crippen molar-refractivity contribution in [3.05, 3.63) is 132 Å². The Balaban J connectivity index is 1.21. The van der Waals surface area contributed by atoms with E-state index < -0.39 is 0 Å². The molecule has 0 atom stereocenters. The van der Waals surface area contributed by atoms with Gasteiger partial charge in [0.05, 0.1) is 11.9 Å². The summed E-state index contributed by atoms with van der Waals surface area (Å²) in [6.07, 6.45) is 15.5. The van der Waals surface area contributed by atoms with Gasteiger partial charge in [0.2, 0.25) is 0 Å². The third kappa shape index (κ3) is 3.00. The highest BCUT2D eigenvalue weighted by molar-refractivity contribution is 6.17. The van der Waals surface area contributed by atoms with Gasteiger partial charge in [-0.2, -0.15) is 0 Å². The van der Waals surface area contributed by atoms with Gasteiger partial charge in [-0.15, -0.1) is 0 Å². The molecule has 182 valence electrons. The second-order valence-electron chi connectivity index (χ2n) is 10.8. The van der Waals surface area contributed by atoms with E-state index in [1.54, 1.807) is 0 Å². The van der Waals surface area contributed by atoms with Gasteiger partial charge in [0, 0.05) is 11.8 Å². The summed E-state index contributed by atoms with van der Waals surface area (Å²) < 4.78 is 2.20. The van der Waals surface area contributed by atoms with E-state index in [1.807, 2.05) is 6.20 Å². The van der Waals surface area contributed by atoms with Gasteiger partial charge in [-0.1, -0.05) is 91.0 Å². The van der Waals surface area contributed by atoms with Crippen LogP contribution in [0.15, 0.2) is 109 Å². The van der Waals surface area contributed by atoms with E-state index in [-0.39, 0.29) is 0 Å². The van der Waals surface area contributed by atoms with Crippen molar-refractivity contribution in [3.8, 4) is 22.4 Å². The minimum absolute atomic E-state index is 0.970.